The molecule has 158 valence electrons. The number of amides is 2. The van der Waals surface area contributed by atoms with Gasteiger partial charge in [-0.05, 0) is 29.3 Å². The van der Waals surface area contributed by atoms with Crippen LogP contribution in [0, 0.1) is 0 Å². The van der Waals surface area contributed by atoms with Crippen LogP contribution in [-0.4, -0.2) is 34.6 Å². The fourth-order valence-electron chi connectivity index (χ4n) is 3.53. The van der Waals surface area contributed by atoms with Crippen molar-refractivity contribution in [3.63, 3.8) is 0 Å². The van der Waals surface area contributed by atoms with Crippen LogP contribution in [-0.2, 0) is 17.9 Å². The lowest BCUT2D eigenvalue weighted by atomic mass is 10.1. The van der Waals surface area contributed by atoms with Gasteiger partial charge in [-0.1, -0.05) is 60.7 Å². The minimum atomic E-state index is -0.743. The van der Waals surface area contributed by atoms with Crippen molar-refractivity contribution >= 4 is 17.5 Å². The SMILES string of the molecule is O=C(NO)c1ccc2c(c1)OC(C(=O)N(Cc1ccccc1)Cc1ccccc1)CN2. The van der Waals surface area contributed by atoms with Crippen LogP contribution in [0.4, 0.5) is 5.69 Å². The zero-order valence-electron chi connectivity index (χ0n) is 16.8. The van der Waals surface area contributed by atoms with Gasteiger partial charge in [0.1, 0.15) is 5.75 Å². The number of hydrogen-bond donors (Lipinski definition) is 3. The molecule has 0 aromatic heterocycles. The van der Waals surface area contributed by atoms with E-state index in [4.69, 9.17) is 9.94 Å². The second-order valence-corrected chi connectivity index (χ2v) is 7.30. The number of fused-ring (bicyclic) bond motifs is 1. The molecule has 1 aliphatic heterocycles. The van der Waals surface area contributed by atoms with E-state index in [2.05, 4.69) is 5.32 Å². The number of carbonyl (C=O) groups excluding carboxylic acids is 2. The Labute approximate surface area is 180 Å². The van der Waals surface area contributed by atoms with Crippen LogP contribution in [0.3, 0.4) is 0 Å². The van der Waals surface area contributed by atoms with Crippen LogP contribution in [0.5, 0.6) is 5.75 Å². The molecule has 3 aromatic carbocycles. The minimum Gasteiger partial charge on any atom is -0.477 e. The summed E-state index contributed by atoms with van der Waals surface area (Å²) >= 11 is 0. The molecule has 3 aromatic rings. The van der Waals surface area contributed by atoms with Gasteiger partial charge in [0.05, 0.1) is 12.2 Å². The quantitative estimate of drug-likeness (QED) is 0.423. The third-order valence-corrected chi connectivity index (χ3v) is 5.11. The molecule has 0 radical (unpaired) electrons. The first-order valence-electron chi connectivity index (χ1n) is 9.99. The predicted octanol–water partition coefficient (Wildman–Crippen LogP) is 3.21. The smallest absolute Gasteiger partial charge is 0.274 e. The predicted molar refractivity (Wildman–Crippen MR) is 116 cm³/mol. The summed E-state index contributed by atoms with van der Waals surface area (Å²) in [5.74, 6) is -0.400. The molecule has 1 heterocycles. The fraction of sp³-hybridized carbons (Fsp3) is 0.167. The largest absolute Gasteiger partial charge is 0.477 e. The minimum absolute atomic E-state index is 0.150. The molecular formula is C24H23N3O4. The Hall–Kier alpha value is -3.84. The Morgan fingerprint density at radius 2 is 1.58 bits per heavy atom. The van der Waals surface area contributed by atoms with Gasteiger partial charge >= 0.3 is 0 Å². The van der Waals surface area contributed by atoms with Crippen molar-refractivity contribution in [1.29, 1.82) is 0 Å². The van der Waals surface area contributed by atoms with E-state index in [0.29, 0.717) is 31.1 Å². The molecule has 1 aliphatic rings. The number of ether oxygens (including phenoxy) is 1. The van der Waals surface area contributed by atoms with E-state index in [1.54, 1.807) is 22.5 Å². The summed E-state index contributed by atoms with van der Waals surface area (Å²) in [6.07, 6.45) is -0.743. The molecule has 4 rings (SSSR count). The molecule has 0 spiro atoms. The highest BCUT2D eigenvalue weighted by Gasteiger charge is 2.30. The molecule has 0 saturated carbocycles. The van der Waals surface area contributed by atoms with Gasteiger partial charge in [-0.15, -0.1) is 0 Å². The van der Waals surface area contributed by atoms with E-state index in [0.717, 1.165) is 11.1 Å². The number of carbonyl (C=O) groups is 2. The number of benzene rings is 3. The molecule has 31 heavy (non-hydrogen) atoms. The average molecular weight is 417 g/mol. The standard InChI is InChI=1S/C24H23N3O4/c28-23(26-30)19-11-12-20-21(13-19)31-22(14-25-20)24(29)27(15-17-7-3-1-4-8-17)16-18-9-5-2-6-10-18/h1-13,22,25,30H,14-16H2,(H,26,28). The van der Waals surface area contributed by atoms with Crippen LogP contribution in [0.25, 0.3) is 0 Å². The van der Waals surface area contributed by atoms with Crippen LogP contribution in [0.1, 0.15) is 21.5 Å². The number of nitrogens with one attached hydrogen (secondary N) is 2. The molecule has 0 fully saturated rings. The summed E-state index contributed by atoms with van der Waals surface area (Å²) in [5.41, 5.74) is 4.58. The van der Waals surface area contributed by atoms with Crippen molar-refractivity contribution in [1.82, 2.24) is 10.4 Å². The Balaban J connectivity index is 1.55. The number of hydrogen-bond acceptors (Lipinski definition) is 5. The number of rotatable bonds is 6. The lowest BCUT2D eigenvalue weighted by molar-refractivity contribution is -0.139. The third-order valence-electron chi connectivity index (χ3n) is 5.11. The summed E-state index contributed by atoms with van der Waals surface area (Å²) in [4.78, 5) is 26.9. The normalized spacial score (nSPS) is 14.5. The van der Waals surface area contributed by atoms with Crippen LogP contribution in [0.15, 0.2) is 78.9 Å². The molecule has 7 heteroatoms. The first-order valence-corrected chi connectivity index (χ1v) is 9.99. The first kappa shape index (κ1) is 20.4. The maximum atomic E-state index is 13.4. The van der Waals surface area contributed by atoms with Crippen molar-refractivity contribution in [2.45, 2.75) is 19.2 Å². The van der Waals surface area contributed by atoms with Crippen molar-refractivity contribution in [3.8, 4) is 5.75 Å². The molecule has 2 amide bonds. The van der Waals surface area contributed by atoms with E-state index in [9.17, 15) is 9.59 Å². The van der Waals surface area contributed by atoms with Gasteiger partial charge in [0.15, 0.2) is 6.10 Å². The molecule has 7 nitrogen and oxygen atoms in total. The van der Waals surface area contributed by atoms with Crippen LogP contribution < -0.4 is 15.5 Å². The fourth-order valence-corrected chi connectivity index (χ4v) is 3.53. The lowest BCUT2D eigenvalue weighted by Gasteiger charge is -2.32. The zero-order valence-corrected chi connectivity index (χ0v) is 16.8. The van der Waals surface area contributed by atoms with E-state index in [-0.39, 0.29) is 11.5 Å². The zero-order chi connectivity index (χ0) is 21.6. The topological polar surface area (TPSA) is 90.9 Å². The van der Waals surface area contributed by atoms with Crippen LogP contribution >= 0.6 is 0 Å². The number of hydroxylamine groups is 1. The summed E-state index contributed by atoms with van der Waals surface area (Å²) in [5, 5.41) is 12.1. The summed E-state index contributed by atoms with van der Waals surface area (Å²) < 4.78 is 5.97. The van der Waals surface area contributed by atoms with Gasteiger partial charge in [0, 0.05) is 18.7 Å². The van der Waals surface area contributed by atoms with E-state index in [1.165, 1.54) is 6.07 Å². The van der Waals surface area contributed by atoms with E-state index in [1.807, 2.05) is 60.7 Å². The van der Waals surface area contributed by atoms with Crippen LogP contribution in [0.2, 0.25) is 0 Å². The Morgan fingerprint density at radius 3 is 2.16 bits per heavy atom. The lowest BCUT2D eigenvalue weighted by Crippen LogP contribution is -2.46. The molecule has 0 aliphatic carbocycles. The molecule has 0 saturated heterocycles. The monoisotopic (exact) mass is 417 g/mol. The maximum Gasteiger partial charge on any atom is 0.274 e. The van der Waals surface area contributed by atoms with Gasteiger partial charge < -0.3 is 15.0 Å². The highest BCUT2D eigenvalue weighted by Crippen LogP contribution is 2.31. The van der Waals surface area contributed by atoms with E-state index >= 15 is 0 Å². The van der Waals surface area contributed by atoms with Gasteiger partial charge in [0.25, 0.3) is 11.8 Å². The first-order chi connectivity index (χ1) is 15.1. The second kappa shape index (κ2) is 9.32. The Morgan fingerprint density at radius 1 is 0.968 bits per heavy atom. The molecule has 1 unspecified atom stereocenters. The van der Waals surface area contributed by atoms with Gasteiger partial charge in [-0.3, -0.25) is 14.8 Å². The van der Waals surface area contributed by atoms with Crippen molar-refractivity contribution < 1.29 is 19.5 Å². The van der Waals surface area contributed by atoms with Crippen molar-refractivity contribution in [3.05, 3.63) is 95.6 Å². The highest BCUT2D eigenvalue weighted by molar-refractivity contribution is 5.94. The van der Waals surface area contributed by atoms with Crippen molar-refractivity contribution in [2.24, 2.45) is 0 Å². The number of anilines is 1. The summed E-state index contributed by atoms with van der Waals surface area (Å²) in [7, 11) is 0. The highest BCUT2D eigenvalue weighted by atomic mass is 16.5. The molecular weight excluding hydrogens is 394 g/mol. The number of nitrogens with zero attached hydrogens (tertiary/aromatic N) is 1. The molecule has 3 N–H and O–H groups in total. The molecule has 0 bridgehead atoms. The van der Waals surface area contributed by atoms with Gasteiger partial charge in [-0.25, -0.2) is 5.48 Å². The summed E-state index contributed by atoms with van der Waals surface area (Å²) in [6.45, 7) is 1.22. The van der Waals surface area contributed by atoms with E-state index < -0.39 is 12.0 Å². The molecule has 1 atom stereocenters. The average Bonchev–Trinajstić information content (AvgIpc) is 2.83. The van der Waals surface area contributed by atoms with Gasteiger partial charge in [0.2, 0.25) is 0 Å². The maximum absolute atomic E-state index is 13.4. The van der Waals surface area contributed by atoms with Crippen molar-refractivity contribution in [2.75, 3.05) is 11.9 Å². The second-order valence-electron chi connectivity index (χ2n) is 7.30. The third kappa shape index (κ3) is 4.84. The van der Waals surface area contributed by atoms with Gasteiger partial charge in [-0.2, -0.15) is 0 Å². The Kier molecular flexibility index (Phi) is 6.14. The summed E-state index contributed by atoms with van der Waals surface area (Å²) in [6, 6.07) is 24.4. The Bertz CT molecular complexity index is 1020.